The number of carbonyl (C=O) groups excluding carboxylic acids is 1. The molecule has 0 aromatic heterocycles. The first-order chi connectivity index (χ1) is 11.0. The molecule has 2 N–H and O–H groups in total. The zero-order valence-electron chi connectivity index (χ0n) is 13.9. The van der Waals surface area contributed by atoms with Gasteiger partial charge in [-0.15, -0.1) is 0 Å². The summed E-state index contributed by atoms with van der Waals surface area (Å²) in [5, 5.41) is 2.89. The fourth-order valence-electron chi connectivity index (χ4n) is 2.46. The summed E-state index contributed by atoms with van der Waals surface area (Å²) >= 11 is 0. The van der Waals surface area contributed by atoms with Crippen molar-refractivity contribution >= 4 is 11.6 Å². The Balaban J connectivity index is 1.87. The molecule has 2 aromatic carbocycles. The topological polar surface area (TPSA) is 33.5 Å². The maximum absolute atomic E-state index is 13.6. The lowest BCUT2D eigenvalue weighted by Crippen LogP contribution is -3.08. The molecule has 1 unspecified atom stereocenters. The Kier molecular flexibility index (Phi) is 5.88. The number of carbonyl (C=O) groups is 1. The average molecular weight is 315 g/mol. The summed E-state index contributed by atoms with van der Waals surface area (Å²) in [4.78, 5) is 13.0. The van der Waals surface area contributed by atoms with E-state index in [-0.39, 0.29) is 11.7 Å². The van der Waals surface area contributed by atoms with Crippen LogP contribution in [0.5, 0.6) is 0 Å². The van der Waals surface area contributed by atoms with E-state index in [2.05, 4.69) is 19.2 Å². The lowest BCUT2D eigenvalue weighted by molar-refractivity contribution is -0.885. The normalized spacial score (nSPS) is 12.2. The van der Waals surface area contributed by atoms with Gasteiger partial charge in [0.05, 0.1) is 7.05 Å². The van der Waals surface area contributed by atoms with Crippen molar-refractivity contribution in [2.45, 2.75) is 26.3 Å². The Morgan fingerprint density at radius 2 is 1.78 bits per heavy atom. The first kappa shape index (κ1) is 17.2. The second-order valence-electron chi connectivity index (χ2n) is 6.23. The molecule has 122 valence electrons. The summed E-state index contributed by atoms with van der Waals surface area (Å²) in [5.74, 6) is 0.170. The highest BCUT2D eigenvalue weighted by molar-refractivity contribution is 5.91. The molecule has 0 saturated carbocycles. The maximum atomic E-state index is 13.6. The molecule has 0 aliphatic heterocycles. The van der Waals surface area contributed by atoms with E-state index in [0.717, 1.165) is 10.6 Å². The Morgan fingerprint density at radius 3 is 2.39 bits per heavy atom. The van der Waals surface area contributed by atoms with Crippen LogP contribution in [0.2, 0.25) is 0 Å². The molecule has 3 nitrogen and oxygen atoms in total. The molecule has 0 saturated heterocycles. The molecule has 0 fully saturated rings. The molecular formula is C19H24FN2O+. The van der Waals surface area contributed by atoms with Crippen LogP contribution in [0.4, 0.5) is 10.1 Å². The van der Waals surface area contributed by atoms with Gasteiger partial charge in [-0.3, -0.25) is 4.79 Å². The number of amides is 1. The second-order valence-corrected chi connectivity index (χ2v) is 6.23. The van der Waals surface area contributed by atoms with Crippen molar-refractivity contribution in [3.05, 3.63) is 65.5 Å². The minimum Gasteiger partial charge on any atom is -0.326 e. The standard InChI is InChI=1S/C19H23FN2O/c1-14(2)15-8-10-17(11-9-15)21-19(23)13-22(3)12-16-6-4-5-7-18(16)20/h4-11,14H,12-13H2,1-3H3,(H,21,23)/p+1. The zero-order chi connectivity index (χ0) is 16.8. The van der Waals surface area contributed by atoms with Gasteiger partial charge in [0.1, 0.15) is 12.4 Å². The van der Waals surface area contributed by atoms with Gasteiger partial charge >= 0.3 is 0 Å². The van der Waals surface area contributed by atoms with Gasteiger partial charge in [-0.25, -0.2) is 4.39 Å². The molecule has 2 rings (SSSR count). The van der Waals surface area contributed by atoms with Crippen molar-refractivity contribution in [3.8, 4) is 0 Å². The molecule has 1 amide bonds. The molecule has 2 aromatic rings. The number of anilines is 1. The third kappa shape index (κ3) is 5.18. The van der Waals surface area contributed by atoms with Crippen molar-refractivity contribution < 1.29 is 14.1 Å². The quantitative estimate of drug-likeness (QED) is 0.844. The lowest BCUT2D eigenvalue weighted by atomic mass is 10.0. The predicted molar refractivity (Wildman–Crippen MR) is 91.0 cm³/mol. The van der Waals surface area contributed by atoms with Gasteiger partial charge < -0.3 is 10.2 Å². The van der Waals surface area contributed by atoms with Crippen LogP contribution >= 0.6 is 0 Å². The number of rotatable bonds is 6. The Hall–Kier alpha value is -2.20. The molecule has 4 heteroatoms. The molecule has 0 aliphatic rings. The summed E-state index contributed by atoms with van der Waals surface area (Å²) in [6.45, 7) is 5.04. The van der Waals surface area contributed by atoms with Crippen LogP contribution < -0.4 is 10.2 Å². The highest BCUT2D eigenvalue weighted by atomic mass is 19.1. The fraction of sp³-hybridized carbons (Fsp3) is 0.316. The van der Waals surface area contributed by atoms with E-state index in [1.54, 1.807) is 12.1 Å². The summed E-state index contributed by atoms with van der Waals surface area (Å²) in [7, 11) is 1.88. The number of halogens is 1. The third-order valence-corrected chi connectivity index (χ3v) is 3.77. The molecule has 0 heterocycles. The van der Waals surface area contributed by atoms with E-state index in [4.69, 9.17) is 0 Å². The van der Waals surface area contributed by atoms with E-state index in [1.807, 2.05) is 37.4 Å². The minimum absolute atomic E-state index is 0.0730. The number of quaternary nitrogens is 1. The van der Waals surface area contributed by atoms with Crippen LogP contribution in [0.15, 0.2) is 48.5 Å². The molecular weight excluding hydrogens is 291 g/mol. The summed E-state index contributed by atoms with van der Waals surface area (Å²) < 4.78 is 13.6. The number of nitrogens with one attached hydrogen (secondary N) is 2. The maximum Gasteiger partial charge on any atom is 0.279 e. The molecule has 0 aliphatic carbocycles. The van der Waals surface area contributed by atoms with Crippen molar-refractivity contribution in [2.75, 3.05) is 18.9 Å². The van der Waals surface area contributed by atoms with Crippen LogP contribution in [0.3, 0.4) is 0 Å². The van der Waals surface area contributed by atoms with E-state index < -0.39 is 0 Å². The van der Waals surface area contributed by atoms with Gasteiger partial charge in [0.15, 0.2) is 6.54 Å². The van der Waals surface area contributed by atoms with Crippen LogP contribution in [-0.2, 0) is 11.3 Å². The molecule has 0 spiro atoms. The summed E-state index contributed by atoms with van der Waals surface area (Å²) in [6.07, 6.45) is 0. The monoisotopic (exact) mass is 315 g/mol. The van der Waals surface area contributed by atoms with Gasteiger partial charge in [-0.1, -0.05) is 44.2 Å². The van der Waals surface area contributed by atoms with E-state index in [9.17, 15) is 9.18 Å². The summed E-state index contributed by atoms with van der Waals surface area (Å²) in [6, 6.07) is 14.6. The van der Waals surface area contributed by atoms with E-state index in [0.29, 0.717) is 24.6 Å². The van der Waals surface area contributed by atoms with Crippen molar-refractivity contribution in [1.29, 1.82) is 0 Å². The number of likely N-dealkylation sites (N-methyl/N-ethyl adjacent to an activating group) is 1. The van der Waals surface area contributed by atoms with Gasteiger partial charge in [0, 0.05) is 11.3 Å². The lowest BCUT2D eigenvalue weighted by Gasteiger charge is -2.14. The van der Waals surface area contributed by atoms with E-state index >= 15 is 0 Å². The SMILES string of the molecule is CC(C)c1ccc(NC(=O)C[NH+](C)Cc2ccccc2F)cc1. The fourth-order valence-corrected chi connectivity index (χ4v) is 2.46. The zero-order valence-corrected chi connectivity index (χ0v) is 13.9. The average Bonchev–Trinajstić information content (AvgIpc) is 2.50. The van der Waals surface area contributed by atoms with Crippen molar-refractivity contribution in [2.24, 2.45) is 0 Å². The Bertz CT molecular complexity index is 653. The first-order valence-corrected chi connectivity index (χ1v) is 7.90. The van der Waals surface area contributed by atoms with Gasteiger partial charge in [0.2, 0.25) is 0 Å². The van der Waals surface area contributed by atoms with Crippen LogP contribution in [0.1, 0.15) is 30.9 Å². The molecule has 1 atom stereocenters. The summed E-state index contributed by atoms with van der Waals surface area (Å²) in [5.41, 5.74) is 2.66. The number of hydrogen-bond donors (Lipinski definition) is 2. The van der Waals surface area contributed by atoms with Gasteiger partial charge in [-0.2, -0.15) is 0 Å². The first-order valence-electron chi connectivity index (χ1n) is 7.90. The molecule has 23 heavy (non-hydrogen) atoms. The second kappa shape index (κ2) is 7.88. The van der Waals surface area contributed by atoms with Crippen LogP contribution in [-0.4, -0.2) is 19.5 Å². The number of benzene rings is 2. The highest BCUT2D eigenvalue weighted by Gasteiger charge is 2.13. The highest BCUT2D eigenvalue weighted by Crippen LogP contribution is 2.16. The molecule has 0 radical (unpaired) electrons. The molecule has 0 bridgehead atoms. The third-order valence-electron chi connectivity index (χ3n) is 3.77. The smallest absolute Gasteiger partial charge is 0.279 e. The van der Waals surface area contributed by atoms with E-state index in [1.165, 1.54) is 11.6 Å². The predicted octanol–water partition coefficient (Wildman–Crippen LogP) is 2.60. The van der Waals surface area contributed by atoms with Crippen LogP contribution in [0, 0.1) is 5.82 Å². The van der Waals surface area contributed by atoms with Crippen molar-refractivity contribution in [3.63, 3.8) is 0 Å². The minimum atomic E-state index is -0.225. The van der Waals surface area contributed by atoms with Gasteiger partial charge in [0.25, 0.3) is 5.91 Å². The van der Waals surface area contributed by atoms with Crippen molar-refractivity contribution in [1.82, 2.24) is 0 Å². The Morgan fingerprint density at radius 1 is 1.13 bits per heavy atom. The van der Waals surface area contributed by atoms with Crippen LogP contribution in [0.25, 0.3) is 0 Å². The Labute approximate surface area is 137 Å². The number of hydrogen-bond acceptors (Lipinski definition) is 1. The largest absolute Gasteiger partial charge is 0.326 e. The van der Waals surface area contributed by atoms with Gasteiger partial charge in [-0.05, 0) is 29.7 Å².